The van der Waals surface area contributed by atoms with Crippen molar-refractivity contribution in [1.29, 1.82) is 0 Å². The monoisotopic (exact) mass is 305 g/mol. The Bertz CT molecular complexity index is 641. The molecule has 110 valence electrons. The summed E-state index contributed by atoms with van der Waals surface area (Å²) < 4.78 is 13.0. The Morgan fingerprint density at radius 3 is 2.86 bits per heavy atom. The van der Waals surface area contributed by atoms with Gasteiger partial charge in [-0.25, -0.2) is 9.37 Å². The van der Waals surface area contributed by atoms with Gasteiger partial charge in [-0.15, -0.1) is 11.3 Å². The lowest BCUT2D eigenvalue weighted by Gasteiger charge is -2.22. The van der Waals surface area contributed by atoms with Crippen LogP contribution in [0.2, 0.25) is 0 Å². The van der Waals surface area contributed by atoms with E-state index in [0.29, 0.717) is 4.88 Å². The summed E-state index contributed by atoms with van der Waals surface area (Å²) in [5.41, 5.74) is 6.36. The van der Waals surface area contributed by atoms with Gasteiger partial charge in [-0.1, -0.05) is 12.1 Å². The summed E-state index contributed by atoms with van der Waals surface area (Å²) in [7, 11) is 0. The van der Waals surface area contributed by atoms with Gasteiger partial charge in [0.1, 0.15) is 15.7 Å². The highest BCUT2D eigenvalue weighted by Gasteiger charge is 2.28. The van der Waals surface area contributed by atoms with Crippen molar-refractivity contribution in [3.05, 3.63) is 51.7 Å². The molecule has 1 aliphatic rings. The van der Waals surface area contributed by atoms with E-state index in [9.17, 15) is 9.18 Å². The normalized spacial score (nSPS) is 19.0. The fourth-order valence-electron chi connectivity index (χ4n) is 2.67. The van der Waals surface area contributed by atoms with Crippen LogP contribution in [0.1, 0.15) is 39.1 Å². The maximum absolute atomic E-state index is 13.0. The second-order valence-corrected chi connectivity index (χ2v) is 6.24. The zero-order chi connectivity index (χ0) is 14.8. The molecule has 21 heavy (non-hydrogen) atoms. The molecule has 1 aliphatic heterocycles. The first-order chi connectivity index (χ1) is 10.1. The van der Waals surface area contributed by atoms with E-state index < -0.39 is 5.91 Å². The average Bonchev–Trinajstić information content (AvgIpc) is 3.09. The number of nitrogens with two attached hydrogens (primary N) is 1. The second-order valence-electron chi connectivity index (χ2n) is 5.18. The fourth-order valence-corrected chi connectivity index (χ4v) is 3.61. The molecule has 1 fully saturated rings. The molecule has 6 heteroatoms. The van der Waals surface area contributed by atoms with Crippen LogP contribution in [0.3, 0.4) is 0 Å². The third-order valence-corrected chi connectivity index (χ3v) is 4.83. The van der Waals surface area contributed by atoms with Gasteiger partial charge in [0.2, 0.25) is 0 Å². The summed E-state index contributed by atoms with van der Waals surface area (Å²) in [6.45, 7) is 1.74. The summed E-state index contributed by atoms with van der Waals surface area (Å²) in [6.07, 6.45) is 3.67. The number of amides is 1. The first-order valence-electron chi connectivity index (χ1n) is 6.87. The summed E-state index contributed by atoms with van der Waals surface area (Å²) in [5.74, 6) is -0.649. The van der Waals surface area contributed by atoms with Gasteiger partial charge in [0, 0.05) is 6.54 Å². The third-order valence-electron chi connectivity index (χ3n) is 3.71. The van der Waals surface area contributed by atoms with Crippen molar-refractivity contribution in [3.8, 4) is 0 Å². The highest BCUT2D eigenvalue weighted by Crippen LogP contribution is 2.35. The maximum Gasteiger partial charge on any atom is 0.260 e. The van der Waals surface area contributed by atoms with Gasteiger partial charge in [-0.05, 0) is 37.1 Å². The summed E-state index contributed by atoms with van der Waals surface area (Å²) >= 11 is 1.37. The molecule has 0 unspecified atom stereocenters. The van der Waals surface area contributed by atoms with E-state index in [0.717, 1.165) is 36.5 Å². The van der Waals surface area contributed by atoms with Crippen molar-refractivity contribution in [1.82, 2.24) is 9.88 Å². The minimum absolute atomic E-state index is 0.216. The number of likely N-dealkylation sites (tertiary alicyclic amines) is 1. The van der Waals surface area contributed by atoms with Crippen LogP contribution in [0.15, 0.2) is 30.5 Å². The zero-order valence-electron chi connectivity index (χ0n) is 11.5. The maximum atomic E-state index is 13.0. The Hall–Kier alpha value is -1.79. The molecule has 4 nitrogen and oxygen atoms in total. The van der Waals surface area contributed by atoms with E-state index >= 15 is 0 Å². The molecule has 0 spiro atoms. The SMILES string of the molecule is NC(=O)c1cnc([C@H]2CCCN2Cc2ccc(F)cc2)s1. The zero-order valence-corrected chi connectivity index (χ0v) is 12.3. The molecule has 1 atom stereocenters. The number of carbonyl (C=O) groups is 1. The van der Waals surface area contributed by atoms with Crippen LogP contribution in [0, 0.1) is 5.82 Å². The minimum Gasteiger partial charge on any atom is -0.365 e. The van der Waals surface area contributed by atoms with Crippen LogP contribution in [-0.4, -0.2) is 22.3 Å². The first kappa shape index (κ1) is 14.2. The van der Waals surface area contributed by atoms with E-state index in [1.807, 2.05) is 0 Å². The van der Waals surface area contributed by atoms with E-state index in [4.69, 9.17) is 5.73 Å². The van der Waals surface area contributed by atoms with Crippen LogP contribution < -0.4 is 5.73 Å². The van der Waals surface area contributed by atoms with Gasteiger partial charge in [0.05, 0.1) is 12.2 Å². The predicted octanol–water partition coefficient (Wildman–Crippen LogP) is 2.72. The summed E-state index contributed by atoms with van der Waals surface area (Å²) in [6, 6.07) is 6.79. The molecule has 1 aromatic carbocycles. The molecule has 0 saturated carbocycles. The lowest BCUT2D eigenvalue weighted by Crippen LogP contribution is -2.22. The Morgan fingerprint density at radius 1 is 1.43 bits per heavy atom. The van der Waals surface area contributed by atoms with Crippen molar-refractivity contribution in [2.24, 2.45) is 5.73 Å². The van der Waals surface area contributed by atoms with Gasteiger partial charge >= 0.3 is 0 Å². The molecule has 2 heterocycles. The van der Waals surface area contributed by atoms with Crippen molar-refractivity contribution in [2.45, 2.75) is 25.4 Å². The van der Waals surface area contributed by atoms with Crippen molar-refractivity contribution < 1.29 is 9.18 Å². The lowest BCUT2D eigenvalue weighted by atomic mass is 10.2. The Balaban J connectivity index is 1.75. The number of nitrogens with zero attached hydrogens (tertiary/aromatic N) is 2. The van der Waals surface area contributed by atoms with E-state index in [1.54, 1.807) is 18.3 Å². The van der Waals surface area contributed by atoms with E-state index in [2.05, 4.69) is 9.88 Å². The number of halogens is 1. The molecule has 0 radical (unpaired) electrons. The second kappa shape index (κ2) is 5.91. The molecule has 0 bridgehead atoms. The number of hydrogen-bond donors (Lipinski definition) is 1. The first-order valence-corrected chi connectivity index (χ1v) is 7.69. The molecule has 1 aromatic heterocycles. The average molecular weight is 305 g/mol. The Kier molecular flexibility index (Phi) is 3.98. The smallest absolute Gasteiger partial charge is 0.260 e. The Labute approximate surface area is 126 Å². The molecule has 2 aromatic rings. The molecule has 2 N–H and O–H groups in total. The lowest BCUT2D eigenvalue weighted by molar-refractivity contribution is 0.100. The van der Waals surface area contributed by atoms with Gasteiger partial charge in [-0.3, -0.25) is 9.69 Å². The quantitative estimate of drug-likeness (QED) is 0.945. The molecule has 0 aliphatic carbocycles. The van der Waals surface area contributed by atoms with E-state index in [-0.39, 0.29) is 11.9 Å². The molecular weight excluding hydrogens is 289 g/mol. The highest BCUT2D eigenvalue weighted by molar-refractivity contribution is 7.13. The summed E-state index contributed by atoms with van der Waals surface area (Å²) in [4.78, 5) is 18.3. The van der Waals surface area contributed by atoms with Crippen molar-refractivity contribution in [3.63, 3.8) is 0 Å². The Morgan fingerprint density at radius 2 is 2.19 bits per heavy atom. The third kappa shape index (κ3) is 3.11. The number of hydrogen-bond acceptors (Lipinski definition) is 4. The molecular formula is C15H16FN3OS. The fraction of sp³-hybridized carbons (Fsp3) is 0.333. The molecule has 1 amide bonds. The van der Waals surface area contributed by atoms with Gasteiger partial charge in [0.15, 0.2) is 0 Å². The number of aromatic nitrogens is 1. The standard InChI is InChI=1S/C15H16FN3OS/c16-11-5-3-10(4-6-11)9-19-7-1-2-12(19)15-18-8-13(21-15)14(17)20/h3-6,8,12H,1-2,7,9H2,(H2,17,20)/t12-/m1/s1. The van der Waals surface area contributed by atoms with Crippen LogP contribution in [0.5, 0.6) is 0 Å². The van der Waals surface area contributed by atoms with Crippen molar-refractivity contribution >= 4 is 17.2 Å². The van der Waals surface area contributed by atoms with E-state index in [1.165, 1.54) is 23.5 Å². The number of primary amides is 1. The van der Waals surface area contributed by atoms with Crippen LogP contribution in [-0.2, 0) is 6.54 Å². The van der Waals surface area contributed by atoms with Gasteiger partial charge in [0.25, 0.3) is 5.91 Å². The van der Waals surface area contributed by atoms with Crippen molar-refractivity contribution in [2.75, 3.05) is 6.54 Å². The predicted molar refractivity (Wildman–Crippen MR) is 79.4 cm³/mol. The summed E-state index contributed by atoms with van der Waals surface area (Å²) in [5, 5.41) is 0.934. The van der Waals surface area contributed by atoms with Crippen LogP contribution in [0.25, 0.3) is 0 Å². The number of rotatable bonds is 4. The number of thiazole rings is 1. The largest absolute Gasteiger partial charge is 0.365 e. The minimum atomic E-state index is -0.429. The molecule has 3 rings (SSSR count). The molecule has 1 saturated heterocycles. The van der Waals surface area contributed by atoms with Crippen LogP contribution >= 0.6 is 11.3 Å². The van der Waals surface area contributed by atoms with Gasteiger partial charge < -0.3 is 5.73 Å². The number of carbonyl (C=O) groups excluding carboxylic acids is 1. The van der Waals surface area contributed by atoms with Gasteiger partial charge in [-0.2, -0.15) is 0 Å². The van der Waals surface area contributed by atoms with Crippen LogP contribution in [0.4, 0.5) is 4.39 Å². The topological polar surface area (TPSA) is 59.2 Å². The highest BCUT2D eigenvalue weighted by atomic mass is 32.1. The number of benzene rings is 1.